The van der Waals surface area contributed by atoms with Crippen LogP contribution in [0.2, 0.25) is 0 Å². The lowest BCUT2D eigenvalue weighted by Crippen LogP contribution is -2.23. The predicted octanol–water partition coefficient (Wildman–Crippen LogP) is 2.49. The fourth-order valence-electron chi connectivity index (χ4n) is 0.770. The van der Waals surface area contributed by atoms with Gasteiger partial charge in [-0.3, -0.25) is 4.79 Å². The van der Waals surface area contributed by atoms with Crippen molar-refractivity contribution in [3.05, 3.63) is 19.9 Å². The Kier molecular flexibility index (Phi) is 4.00. The van der Waals surface area contributed by atoms with Crippen LogP contribution in [0.1, 0.15) is 23.7 Å². The summed E-state index contributed by atoms with van der Waals surface area (Å²) in [7, 11) is 0. The summed E-state index contributed by atoms with van der Waals surface area (Å²) < 4.78 is 1.15. The first-order valence-electron chi connectivity index (χ1n) is 3.76. The monoisotopic (exact) mass is 295 g/mol. The maximum absolute atomic E-state index is 11.3. The Labute approximate surface area is 89.5 Å². The third-order valence-electron chi connectivity index (χ3n) is 1.37. The number of amides is 1. The molecule has 66 valence electrons. The summed E-state index contributed by atoms with van der Waals surface area (Å²) in [5, 5.41) is 4.71. The average Bonchev–Trinajstić information content (AvgIpc) is 2.47. The summed E-state index contributed by atoms with van der Waals surface area (Å²) in [4.78, 5) is 11.3. The van der Waals surface area contributed by atoms with Gasteiger partial charge in [0.05, 0.1) is 8.45 Å². The summed E-state index contributed by atoms with van der Waals surface area (Å²) in [5.41, 5.74) is 0.776. The van der Waals surface area contributed by atoms with Gasteiger partial charge in [-0.1, -0.05) is 6.92 Å². The molecule has 1 heterocycles. The summed E-state index contributed by atoms with van der Waals surface area (Å²) in [6.07, 6.45) is 0.979. The van der Waals surface area contributed by atoms with Crippen LogP contribution in [-0.2, 0) is 0 Å². The van der Waals surface area contributed by atoms with E-state index in [0.717, 1.165) is 21.4 Å². The van der Waals surface area contributed by atoms with Crippen LogP contribution in [0.4, 0.5) is 0 Å². The van der Waals surface area contributed by atoms with Gasteiger partial charge in [0.2, 0.25) is 0 Å². The number of thiophene rings is 1. The van der Waals surface area contributed by atoms with Crippen LogP contribution in [0, 0.1) is 2.88 Å². The molecule has 12 heavy (non-hydrogen) atoms. The molecule has 0 bridgehead atoms. The van der Waals surface area contributed by atoms with Crippen LogP contribution in [0.5, 0.6) is 0 Å². The van der Waals surface area contributed by atoms with E-state index >= 15 is 0 Å². The minimum Gasteiger partial charge on any atom is -0.352 e. The van der Waals surface area contributed by atoms with Crippen molar-refractivity contribution in [2.75, 3.05) is 6.54 Å². The molecular weight excluding hydrogens is 285 g/mol. The van der Waals surface area contributed by atoms with Gasteiger partial charge < -0.3 is 5.32 Å². The molecule has 0 aliphatic carbocycles. The maximum Gasteiger partial charge on any atom is 0.252 e. The van der Waals surface area contributed by atoms with Crippen LogP contribution >= 0.6 is 33.9 Å². The van der Waals surface area contributed by atoms with Crippen LogP contribution in [-0.4, -0.2) is 12.5 Å². The van der Waals surface area contributed by atoms with Crippen LogP contribution < -0.4 is 5.32 Å². The highest BCUT2D eigenvalue weighted by atomic mass is 127. The van der Waals surface area contributed by atoms with Gasteiger partial charge in [-0.25, -0.2) is 0 Å². The molecule has 0 radical (unpaired) electrons. The van der Waals surface area contributed by atoms with Crippen molar-refractivity contribution in [1.82, 2.24) is 5.32 Å². The smallest absolute Gasteiger partial charge is 0.252 e. The van der Waals surface area contributed by atoms with Gasteiger partial charge in [0.15, 0.2) is 0 Å². The molecule has 0 fully saturated rings. The lowest BCUT2D eigenvalue weighted by Gasteiger charge is -1.99. The van der Waals surface area contributed by atoms with E-state index in [9.17, 15) is 4.79 Å². The molecule has 0 aliphatic heterocycles. The first-order valence-corrected chi connectivity index (χ1v) is 5.72. The van der Waals surface area contributed by atoms with Gasteiger partial charge in [0.25, 0.3) is 5.91 Å². The minimum atomic E-state index is 0.0380. The van der Waals surface area contributed by atoms with Crippen molar-refractivity contribution in [1.29, 1.82) is 0 Å². The van der Waals surface area contributed by atoms with Crippen molar-refractivity contribution >= 4 is 39.8 Å². The molecule has 1 aromatic rings. The molecule has 1 aromatic heterocycles. The van der Waals surface area contributed by atoms with Crippen molar-refractivity contribution in [3.8, 4) is 0 Å². The van der Waals surface area contributed by atoms with Gasteiger partial charge in [0.1, 0.15) is 0 Å². The first kappa shape index (κ1) is 9.98. The number of carbonyl (C=O) groups is 1. The Morgan fingerprint density at radius 1 is 1.75 bits per heavy atom. The van der Waals surface area contributed by atoms with E-state index in [2.05, 4.69) is 27.9 Å². The van der Waals surface area contributed by atoms with E-state index in [1.54, 1.807) is 11.3 Å². The number of carbonyl (C=O) groups excluding carboxylic acids is 1. The highest BCUT2D eigenvalue weighted by Gasteiger charge is 2.05. The van der Waals surface area contributed by atoms with Gasteiger partial charge in [-0.05, 0) is 35.1 Å². The Balaban J connectivity index is 2.53. The molecule has 1 amide bonds. The quantitative estimate of drug-likeness (QED) is 0.853. The maximum atomic E-state index is 11.3. The summed E-state index contributed by atoms with van der Waals surface area (Å²) in [6.45, 7) is 2.79. The molecule has 1 N–H and O–H groups in total. The van der Waals surface area contributed by atoms with Gasteiger partial charge in [-0.15, -0.1) is 11.3 Å². The van der Waals surface area contributed by atoms with Crippen molar-refractivity contribution in [3.63, 3.8) is 0 Å². The number of hydrogen-bond acceptors (Lipinski definition) is 2. The Hall–Kier alpha value is -0.100. The third-order valence-corrected chi connectivity index (χ3v) is 3.15. The predicted molar refractivity (Wildman–Crippen MR) is 59.7 cm³/mol. The topological polar surface area (TPSA) is 29.1 Å². The Morgan fingerprint density at radius 3 is 3.00 bits per heavy atom. The molecule has 2 nitrogen and oxygen atoms in total. The molecule has 0 aromatic carbocycles. The zero-order chi connectivity index (χ0) is 8.97. The lowest BCUT2D eigenvalue weighted by atomic mass is 10.3. The highest BCUT2D eigenvalue weighted by Crippen LogP contribution is 2.16. The standard InChI is InChI=1S/C8H10INOS/c1-2-3-10-8(11)6-4-7(9)12-5-6/h4-5H,2-3H2,1H3,(H,10,11). The number of rotatable bonds is 3. The second-order valence-electron chi connectivity index (χ2n) is 2.40. The van der Waals surface area contributed by atoms with E-state index in [0.29, 0.717) is 0 Å². The summed E-state index contributed by atoms with van der Waals surface area (Å²) in [6, 6.07) is 1.90. The normalized spacial score (nSPS) is 9.83. The largest absolute Gasteiger partial charge is 0.352 e. The molecular formula is C8H10INOS. The zero-order valence-electron chi connectivity index (χ0n) is 6.76. The number of halogens is 1. The van der Waals surface area contributed by atoms with Gasteiger partial charge in [-0.2, -0.15) is 0 Å². The summed E-state index contributed by atoms with van der Waals surface area (Å²) in [5.74, 6) is 0.0380. The minimum absolute atomic E-state index is 0.0380. The summed E-state index contributed by atoms with van der Waals surface area (Å²) >= 11 is 3.80. The van der Waals surface area contributed by atoms with E-state index < -0.39 is 0 Å². The van der Waals surface area contributed by atoms with Crippen molar-refractivity contribution < 1.29 is 4.79 Å². The van der Waals surface area contributed by atoms with E-state index in [4.69, 9.17) is 0 Å². The molecule has 0 saturated heterocycles. The van der Waals surface area contributed by atoms with E-state index in [1.165, 1.54) is 0 Å². The molecule has 0 unspecified atom stereocenters. The van der Waals surface area contributed by atoms with Gasteiger partial charge >= 0.3 is 0 Å². The Morgan fingerprint density at radius 2 is 2.50 bits per heavy atom. The molecule has 4 heteroatoms. The van der Waals surface area contributed by atoms with Crippen LogP contribution in [0.3, 0.4) is 0 Å². The molecule has 0 atom stereocenters. The van der Waals surface area contributed by atoms with Crippen LogP contribution in [0.15, 0.2) is 11.4 Å². The second-order valence-corrected chi connectivity index (χ2v) is 5.20. The van der Waals surface area contributed by atoms with Crippen LogP contribution in [0.25, 0.3) is 0 Å². The fourth-order valence-corrected chi connectivity index (χ4v) is 2.10. The van der Waals surface area contributed by atoms with Crippen molar-refractivity contribution in [2.45, 2.75) is 13.3 Å². The Bertz CT molecular complexity index is 272. The molecule has 0 saturated carbocycles. The number of hydrogen-bond donors (Lipinski definition) is 1. The fraction of sp³-hybridized carbons (Fsp3) is 0.375. The SMILES string of the molecule is CCCNC(=O)c1csc(I)c1. The van der Waals surface area contributed by atoms with Gasteiger partial charge in [0, 0.05) is 11.9 Å². The van der Waals surface area contributed by atoms with E-state index in [1.807, 2.05) is 18.4 Å². The third kappa shape index (κ3) is 2.75. The lowest BCUT2D eigenvalue weighted by molar-refractivity contribution is 0.0954. The van der Waals surface area contributed by atoms with E-state index in [-0.39, 0.29) is 5.91 Å². The first-order chi connectivity index (χ1) is 5.74. The molecule has 1 rings (SSSR count). The molecule has 0 aliphatic rings. The van der Waals surface area contributed by atoms with Crippen molar-refractivity contribution in [2.24, 2.45) is 0 Å². The number of nitrogens with one attached hydrogen (secondary N) is 1. The zero-order valence-corrected chi connectivity index (χ0v) is 9.74. The highest BCUT2D eigenvalue weighted by molar-refractivity contribution is 14.1. The second kappa shape index (κ2) is 4.81. The average molecular weight is 295 g/mol. The molecule has 0 spiro atoms.